The molecule has 0 bridgehead atoms. The molecule has 0 saturated heterocycles. The van der Waals surface area contributed by atoms with Crippen LogP contribution in [0.2, 0.25) is 0 Å². The molecule has 1 saturated carbocycles. The summed E-state index contributed by atoms with van der Waals surface area (Å²) in [6.07, 6.45) is 4.92. The van der Waals surface area contributed by atoms with E-state index in [4.69, 9.17) is 5.26 Å². The number of nitrogens with zero attached hydrogens (tertiary/aromatic N) is 1. The summed E-state index contributed by atoms with van der Waals surface area (Å²) >= 11 is 0. The summed E-state index contributed by atoms with van der Waals surface area (Å²) in [7, 11) is 0. The zero-order valence-electron chi connectivity index (χ0n) is 10.7. The molecular formula is C15H19FN2. The van der Waals surface area contributed by atoms with Crippen molar-refractivity contribution in [3.05, 3.63) is 35.1 Å². The first-order valence-corrected chi connectivity index (χ1v) is 6.61. The molecule has 2 rings (SSSR count). The van der Waals surface area contributed by atoms with Crippen LogP contribution in [0.1, 0.15) is 43.7 Å². The van der Waals surface area contributed by atoms with Gasteiger partial charge in [0.15, 0.2) is 0 Å². The number of nitrogens with one attached hydrogen (secondary N) is 1. The van der Waals surface area contributed by atoms with Gasteiger partial charge in [-0.2, -0.15) is 5.26 Å². The summed E-state index contributed by atoms with van der Waals surface area (Å²) in [5.41, 5.74) is 1.32. The van der Waals surface area contributed by atoms with Gasteiger partial charge in [-0.1, -0.05) is 19.8 Å². The van der Waals surface area contributed by atoms with E-state index in [1.54, 1.807) is 6.07 Å². The Bertz CT molecular complexity index is 450. The van der Waals surface area contributed by atoms with E-state index in [0.29, 0.717) is 18.2 Å². The maximum Gasteiger partial charge on any atom is 0.123 e. The van der Waals surface area contributed by atoms with Crippen molar-refractivity contribution in [3.8, 4) is 6.07 Å². The minimum Gasteiger partial charge on any atom is -0.310 e. The Balaban J connectivity index is 1.97. The molecule has 1 aromatic rings. The molecule has 0 spiro atoms. The van der Waals surface area contributed by atoms with E-state index in [2.05, 4.69) is 18.3 Å². The van der Waals surface area contributed by atoms with E-state index >= 15 is 0 Å². The SMILES string of the molecule is CC1CCCC(NCc2cc(F)ccc2C#N)C1. The van der Waals surface area contributed by atoms with E-state index in [9.17, 15) is 4.39 Å². The summed E-state index contributed by atoms with van der Waals surface area (Å²) in [6.45, 7) is 2.86. The van der Waals surface area contributed by atoms with Crippen LogP contribution in [-0.2, 0) is 6.54 Å². The van der Waals surface area contributed by atoms with Crippen LogP contribution >= 0.6 is 0 Å². The molecule has 2 unspecified atom stereocenters. The van der Waals surface area contributed by atoms with Crippen molar-refractivity contribution in [1.82, 2.24) is 5.32 Å². The predicted octanol–water partition coefficient (Wildman–Crippen LogP) is 3.37. The summed E-state index contributed by atoms with van der Waals surface area (Å²) in [4.78, 5) is 0. The molecule has 1 fully saturated rings. The van der Waals surface area contributed by atoms with Gasteiger partial charge in [0.25, 0.3) is 0 Å². The van der Waals surface area contributed by atoms with Crippen LogP contribution < -0.4 is 5.32 Å². The third-order valence-electron chi connectivity index (χ3n) is 3.71. The van der Waals surface area contributed by atoms with Crippen LogP contribution in [0.25, 0.3) is 0 Å². The Hall–Kier alpha value is -1.40. The van der Waals surface area contributed by atoms with Gasteiger partial charge < -0.3 is 5.32 Å². The zero-order valence-corrected chi connectivity index (χ0v) is 10.7. The Morgan fingerprint density at radius 2 is 2.28 bits per heavy atom. The second kappa shape index (κ2) is 5.97. The van der Waals surface area contributed by atoms with Gasteiger partial charge >= 0.3 is 0 Å². The van der Waals surface area contributed by atoms with E-state index in [1.807, 2.05) is 0 Å². The molecule has 96 valence electrons. The molecule has 0 radical (unpaired) electrons. The molecule has 0 aromatic heterocycles. The smallest absolute Gasteiger partial charge is 0.123 e. The first-order chi connectivity index (χ1) is 8.69. The highest BCUT2D eigenvalue weighted by atomic mass is 19.1. The fourth-order valence-corrected chi connectivity index (χ4v) is 2.69. The number of hydrogen-bond donors (Lipinski definition) is 1. The molecule has 0 amide bonds. The zero-order chi connectivity index (χ0) is 13.0. The predicted molar refractivity (Wildman–Crippen MR) is 69.4 cm³/mol. The van der Waals surface area contributed by atoms with Crippen LogP contribution in [0.5, 0.6) is 0 Å². The van der Waals surface area contributed by atoms with Crippen molar-refractivity contribution in [2.75, 3.05) is 0 Å². The van der Waals surface area contributed by atoms with Gasteiger partial charge in [0.05, 0.1) is 11.6 Å². The lowest BCUT2D eigenvalue weighted by molar-refractivity contribution is 0.300. The molecule has 0 aliphatic heterocycles. The first-order valence-electron chi connectivity index (χ1n) is 6.61. The lowest BCUT2D eigenvalue weighted by Crippen LogP contribution is -2.33. The standard InChI is InChI=1S/C15H19FN2/c1-11-3-2-4-15(7-11)18-10-13-8-14(16)6-5-12(13)9-17/h5-6,8,11,15,18H,2-4,7,10H2,1H3. The number of benzene rings is 1. The van der Waals surface area contributed by atoms with Crippen LogP contribution in [0.3, 0.4) is 0 Å². The molecule has 1 aliphatic rings. The van der Waals surface area contributed by atoms with E-state index in [0.717, 1.165) is 11.5 Å². The highest BCUT2D eigenvalue weighted by Gasteiger charge is 2.18. The number of rotatable bonds is 3. The highest BCUT2D eigenvalue weighted by Crippen LogP contribution is 2.24. The molecule has 2 atom stereocenters. The van der Waals surface area contributed by atoms with Crippen molar-refractivity contribution in [2.45, 2.75) is 45.2 Å². The molecule has 3 heteroatoms. The normalized spacial score (nSPS) is 23.6. The third-order valence-corrected chi connectivity index (χ3v) is 3.71. The van der Waals surface area contributed by atoms with E-state index < -0.39 is 0 Å². The Kier molecular flexibility index (Phi) is 4.33. The quantitative estimate of drug-likeness (QED) is 0.887. The number of halogens is 1. The average molecular weight is 246 g/mol. The van der Waals surface area contributed by atoms with Crippen molar-refractivity contribution >= 4 is 0 Å². The van der Waals surface area contributed by atoms with Crippen LogP contribution in [0.4, 0.5) is 4.39 Å². The Labute approximate surface area is 108 Å². The van der Waals surface area contributed by atoms with E-state index in [-0.39, 0.29) is 5.82 Å². The summed E-state index contributed by atoms with van der Waals surface area (Å²) < 4.78 is 13.2. The Morgan fingerprint density at radius 1 is 1.44 bits per heavy atom. The second-order valence-corrected chi connectivity index (χ2v) is 5.26. The fourth-order valence-electron chi connectivity index (χ4n) is 2.69. The van der Waals surface area contributed by atoms with Crippen molar-refractivity contribution in [1.29, 1.82) is 5.26 Å². The van der Waals surface area contributed by atoms with Gasteiger partial charge in [-0.3, -0.25) is 0 Å². The molecule has 2 nitrogen and oxygen atoms in total. The minimum absolute atomic E-state index is 0.275. The molecule has 1 aromatic carbocycles. The topological polar surface area (TPSA) is 35.8 Å². The van der Waals surface area contributed by atoms with Crippen molar-refractivity contribution in [2.24, 2.45) is 5.92 Å². The number of nitriles is 1. The lowest BCUT2D eigenvalue weighted by Gasteiger charge is -2.27. The van der Waals surface area contributed by atoms with Crippen LogP contribution in [0.15, 0.2) is 18.2 Å². The van der Waals surface area contributed by atoms with Gasteiger partial charge in [-0.25, -0.2) is 4.39 Å². The van der Waals surface area contributed by atoms with Crippen molar-refractivity contribution in [3.63, 3.8) is 0 Å². The molecular weight excluding hydrogens is 227 g/mol. The average Bonchev–Trinajstić information content (AvgIpc) is 2.37. The Morgan fingerprint density at radius 3 is 3.00 bits per heavy atom. The first kappa shape index (κ1) is 13.0. The molecule has 0 heterocycles. The molecule has 1 aliphatic carbocycles. The van der Waals surface area contributed by atoms with Crippen LogP contribution in [0, 0.1) is 23.1 Å². The lowest BCUT2D eigenvalue weighted by atomic mass is 9.87. The van der Waals surface area contributed by atoms with Gasteiger partial charge in [-0.15, -0.1) is 0 Å². The fraction of sp³-hybridized carbons (Fsp3) is 0.533. The third kappa shape index (κ3) is 3.30. The van der Waals surface area contributed by atoms with Crippen LogP contribution in [-0.4, -0.2) is 6.04 Å². The maximum atomic E-state index is 13.2. The second-order valence-electron chi connectivity index (χ2n) is 5.26. The van der Waals surface area contributed by atoms with Gasteiger partial charge in [-0.05, 0) is 42.5 Å². The highest BCUT2D eigenvalue weighted by molar-refractivity contribution is 5.37. The van der Waals surface area contributed by atoms with Gasteiger partial charge in [0.2, 0.25) is 0 Å². The molecule has 1 N–H and O–H groups in total. The van der Waals surface area contributed by atoms with Crippen molar-refractivity contribution < 1.29 is 4.39 Å². The monoisotopic (exact) mass is 246 g/mol. The number of hydrogen-bond acceptors (Lipinski definition) is 2. The largest absolute Gasteiger partial charge is 0.310 e. The van der Waals surface area contributed by atoms with Gasteiger partial charge in [0, 0.05) is 12.6 Å². The van der Waals surface area contributed by atoms with E-state index in [1.165, 1.54) is 37.8 Å². The summed E-state index contributed by atoms with van der Waals surface area (Å²) in [5, 5.41) is 12.4. The maximum absolute atomic E-state index is 13.2. The summed E-state index contributed by atoms with van der Waals surface area (Å²) in [5.74, 6) is 0.488. The van der Waals surface area contributed by atoms with Gasteiger partial charge in [0.1, 0.15) is 5.82 Å². The summed E-state index contributed by atoms with van der Waals surface area (Å²) in [6, 6.07) is 6.96. The minimum atomic E-state index is -0.275. The molecule has 18 heavy (non-hydrogen) atoms.